The first kappa shape index (κ1) is 81.0. The third-order valence-electron chi connectivity index (χ3n) is 18.6. The predicted octanol–water partition coefficient (Wildman–Crippen LogP) is -0.330. The molecular weight excluding hydrogens is 1270 g/mol. The average molecular weight is 1380 g/mol. The minimum Gasteiger partial charge on any atom is -0.382 e. The maximum Gasteiger partial charge on any atom is 0.191 e. The first-order chi connectivity index (χ1) is 46.1. The summed E-state index contributed by atoms with van der Waals surface area (Å²) in [6, 6.07) is 0. The summed E-state index contributed by atoms with van der Waals surface area (Å²) in [5.74, 6) is -0.555. The zero-order chi connectivity index (χ0) is 69.0. The van der Waals surface area contributed by atoms with Crippen LogP contribution in [0.25, 0.3) is 0 Å². The Morgan fingerprint density at radius 1 is 0.305 bits per heavy atom. The molecule has 0 spiro atoms. The maximum atomic E-state index is 7.11. The molecule has 0 amide bonds. The van der Waals surface area contributed by atoms with Crippen LogP contribution in [0, 0.1) is 5.92 Å². The molecule has 0 saturated carbocycles. The van der Waals surface area contributed by atoms with E-state index in [9.17, 15) is 0 Å². The second-order valence-corrected chi connectivity index (χ2v) is 24.1. The lowest BCUT2D eigenvalue weighted by atomic mass is 9.91. The summed E-state index contributed by atoms with van der Waals surface area (Å²) >= 11 is 0. The van der Waals surface area contributed by atoms with Gasteiger partial charge in [-0.05, 0) is 19.9 Å². The Kier molecular flexibility index (Phi) is 34.5. The van der Waals surface area contributed by atoms with E-state index in [0.717, 1.165) is 0 Å². The molecule has 14 rings (SSSR count). The summed E-state index contributed by atoms with van der Waals surface area (Å²) in [7, 11) is 28.9. The van der Waals surface area contributed by atoms with Crippen molar-refractivity contribution in [3.8, 4) is 0 Å². The number of hydrogen-bond donors (Lipinski definition) is 1. The summed E-state index contributed by atoms with van der Waals surface area (Å²) in [6.45, 7) is 4.56. The molecule has 33 unspecified atom stereocenters. The van der Waals surface area contributed by atoms with Crippen LogP contribution < -0.4 is 5.32 Å². The van der Waals surface area contributed by atoms with Crippen LogP contribution in [0.2, 0.25) is 0 Å². The van der Waals surface area contributed by atoms with Crippen molar-refractivity contribution in [3.05, 3.63) is 0 Å². The Hall–Kier alpha value is -1.32. The van der Waals surface area contributed by atoms with Gasteiger partial charge in [-0.3, -0.25) is 0 Å². The molecule has 14 fully saturated rings. The van der Waals surface area contributed by atoms with E-state index in [2.05, 4.69) is 5.32 Å². The topological polar surface area (TPSA) is 307 Å². The molecule has 33 atom stereocenters. The van der Waals surface area contributed by atoms with Gasteiger partial charge in [0.25, 0.3) is 0 Å². The van der Waals surface area contributed by atoms with Gasteiger partial charge in [0.2, 0.25) is 0 Å². The molecule has 95 heavy (non-hydrogen) atoms. The van der Waals surface area contributed by atoms with Crippen LogP contribution in [-0.4, -0.2) is 378 Å². The van der Waals surface area contributed by atoms with Crippen LogP contribution in [-0.2, 0) is 152 Å². The van der Waals surface area contributed by atoms with Crippen LogP contribution in [0.15, 0.2) is 0 Å². The maximum absolute atomic E-state index is 7.11. The van der Waals surface area contributed by atoms with E-state index in [1.807, 2.05) is 13.8 Å². The lowest BCUT2D eigenvalue weighted by Gasteiger charge is -2.51. The van der Waals surface area contributed by atoms with E-state index in [0.29, 0.717) is 19.5 Å². The Balaban J connectivity index is 1.35. The van der Waals surface area contributed by atoms with Gasteiger partial charge in [-0.2, -0.15) is 0 Å². The molecule has 1 N–H and O–H groups in total. The smallest absolute Gasteiger partial charge is 0.191 e. The molecule has 33 nitrogen and oxygen atoms in total. The molecule has 14 aliphatic heterocycles. The number of methoxy groups -OCH3 is 19. The summed E-state index contributed by atoms with van der Waals surface area (Å²) < 4.78 is 207. The van der Waals surface area contributed by atoms with Crippen LogP contribution in [0.5, 0.6) is 0 Å². The highest BCUT2D eigenvalue weighted by molar-refractivity contribution is 5.02. The van der Waals surface area contributed by atoms with Crippen molar-refractivity contribution in [1.82, 2.24) is 5.32 Å². The highest BCUT2D eigenvalue weighted by Crippen LogP contribution is 2.41. The van der Waals surface area contributed by atoms with Gasteiger partial charge in [0, 0.05) is 148 Å². The molecule has 558 valence electrons. The van der Waals surface area contributed by atoms with E-state index >= 15 is 0 Å². The van der Waals surface area contributed by atoms with Crippen LogP contribution in [0.1, 0.15) is 20.3 Å². The fourth-order valence-corrected chi connectivity index (χ4v) is 14.1. The minimum atomic E-state index is -1.31. The Labute approximate surface area is 559 Å². The summed E-state index contributed by atoms with van der Waals surface area (Å²) in [5.41, 5.74) is 0. The molecule has 0 aromatic heterocycles. The highest BCUT2D eigenvalue weighted by atomic mass is 16.8. The van der Waals surface area contributed by atoms with Crippen LogP contribution in [0.4, 0.5) is 0 Å². The van der Waals surface area contributed by atoms with Crippen LogP contribution in [0.3, 0.4) is 0 Å². The van der Waals surface area contributed by atoms with E-state index in [-0.39, 0.29) is 33.0 Å². The molecule has 0 aliphatic carbocycles. The quantitative estimate of drug-likeness (QED) is 0.116. The zero-order valence-corrected chi connectivity index (χ0v) is 59.3. The van der Waals surface area contributed by atoms with Crippen molar-refractivity contribution in [3.63, 3.8) is 0 Å². The molecule has 14 saturated heterocycles. The number of hydrogen-bond acceptors (Lipinski definition) is 33. The van der Waals surface area contributed by atoms with E-state index in [4.69, 9.17) is 152 Å². The normalized spacial score (nSPS) is 44.8. The van der Waals surface area contributed by atoms with E-state index < -0.39 is 203 Å². The lowest BCUT2D eigenvalue weighted by Crippen LogP contribution is -2.68. The monoisotopic (exact) mass is 1380 g/mol. The summed E-state index contributed by atoms with van der Waals surface area (Å²) in [6.07, 6.45) is -30.8. The largest absolute Gasteiger partial charge is 0.382 e. The number of rotatable bonds is 26. The average Bonchev–Trinajstić information content (AvgIpc) is 1.09. The molecule has 0 aromatic carbocycles. The number of nitrogens with one attached hydrogen (secondary N) is 1. The molecule has 33 heteroatoms. The van der Waals surface area contributed by atoms with E-state index in [1.54, 1.807) is 42.7 Å². The molecule has 0 radical (unpaired) electrons. The van der Waals surface area contributed by atoms with Crippen molar-refractivity contribution >= 4 is 0 Å². The first-order valence-corrected chi connectivity index (χ1v) is 32.2. The third-order valence-corrected chi connectivity index (χ3v) is 18.6. The standard InChI is InChI=1S/C62H113NO32/c1-30(25-64-3)83-62-54(80-19)57(82-21)95-61-53(79-18)48(74-13)44(37(89-61)29-68-7)94-60-52(78-17)47(73-12)43(36(88-60)28-67-6)93-59-51(77-16)46(72-11)42(35(87-59)27-66-5)91-56(81-20)49(75-14)39(70-9)32-22-23-63-24-33-40(45(71-10)50(76-15)58(84-32)85-33)90-55-31(2)38(69-8)41(92-62)34(86-55)26-65-4/h30-63H,22-29H2,1-21H3. The predicted molar refractivity (Wildman–Crippen MR) is 325 cm³/mol. The van der Waals surface area contributed by atoms with Crippen molar-refractivity contribution in [1.29, 1.82) is 0 Å². The van der Waals surface area contributed by atoms with E-state index in [1.165, 1.54) is 92.4 Å². The summed E-state index contributed by atoms with van der Waals surface area (Å²) in [4.78, 5) is 0. The van der Waals surface area contributed by atoms with Gasteiger partial charge in [0.15, 0.2) is 56.4 Å². The number of fused-ring (bicyclic) bond motifs is 1. The number of ether oxygens (including phenoxy) is 32. The fraction of sp³-hybridized carbons (Fsp3) is 1.00. The third kappa shape index (κ3) is 18.9. The highest BCUT2D eigenvalue weighted by Gasteiger charge is 2.60. The van der Waals surface area contributed by atoms with Gasteiger partial charge in [0.05, 0.1) is 51.3 Å². The zero-order valence-electron chi connectivity index (χ0n) is 59.3. The Morgan fingerprint density at radius 2 is 0.653 bits per heavy atom. The van der Waals surface area contributed by atoms with Crippen molar-refractivity contribution in [2.75, 3.05) is 181 Å². The SMILES string of the molecule is COCC(C)OC1OC2C(COC)OC(OC3C4CNCCC(OC(O4)C(OC)C3OC)C(OC)C(OC)C(OC)OC3C(COC)OC(OC4C(COC)OC(OC5C(COC)OC(OC(OC)C1OC)C(OC)C5OC)C(OC)C4OC)C(OC)C3OC)C(C)C2OC. The van der Waals surface area contributed by atoms with Crippen LogP contribution >= 0.6 is 0 Å². The summed E-state index contributed by atoms with van der Waals surface area (Å²) in [5, 5.41) is 3.56. The first-order valence-electron chi connectivity index (χ1n) is 32.2. The molecule has 14 heterocycles. The van der Waals surface area contributed by atoms with Crippen molar-refractivity contribution in [2.45, 2.75) is 217 Å². The second-order valence-electron chi connectivity index (χ2n) is 24.1. The second kappa shape index (κ2) is 40.5. The minimum absolute atomic E-state index is 0.0110. The van der Waals surface area contributed by atoms with Gasteiger partial charge in [-0.25, -0.2) is 0 Å². The molecular formula is C62H113NO32. The van der Waals surface area contributed by atoms with Gasteiger partial charge < -0.3 is 157 Å². The van der Waals surface area contributed by atoms with Gasteiger partial charge in [0.1, 0.15) is 122 Å². The van der Waals surface area contributed by atoms with Crippen molar-refractivity contribution < 1.29 is 152 Å². The van der Waals surface area contributed by atoms with Crippen molar-refractivity contribution in [2.24, 2.45) is 5.92 Å². The van der Waals surface area contributed by atoms with Gasteiger partial charge in [-0.1, -0.05) is 6.92 Å². The Bertz CT molecular complexity index is 2090. The van der Waals surface area contributed by atoms with Gasteiger partial charge in [-0.15, -0.1) is 0 Å². The molecule has 0 aromatic rings. The fourth-order valence-electron chi connectivity index (χ4n) is 14.1. The Morgan fingerprint density at radius 3 is 1.06 bits per heavy atom. The van der Waals surface area contributed by atoms with Gasteiger partial charge >= 0.3 is 0 Å². The molecule has 14 aliphatic rings. The molecule has 12 bridgehead atoms. The lowest BCUT2D eigenvalue weighted by molar-refractivity contribution is -0.401.